The topological polar surface area (TPSA) is 95.6 Å². The van der Waals surface area contributed by atoms with Gasteiger partial charge in [-0.2, -0.15) is 0 Å². The van der Waals surface area contributed by atoms with E-state index in [4.69, 9.17) is 23.7 Å². The van der Waals surface area contributed by atoms with Crippen molar-refractivity contribution in [3.63, 3.8) is 0 Å². The maximum Gasteiger partial charge on any atom is 0.409 e. The SMILES string of the molecule is CCOC(=O)CN[C@H]1C=C(COCc2ccccc2)[C@@H](OCc2ccccc2)[C@H](OCc2ccccc2)[C@@H]1OC(=O)N(C)C. The van der Waals surface area contributed by atoms with E-state index in [0.717, 1.165) is 22.3 Å². The van der Waals surface area contributed by atoms with Gasteiger partial charge in [0.05, 0.1) is 45.6 Å². The molecule has 0 radical (unpaired) electrons. The van der Waals surface area contributed by atoms with E-state index in [2.05, 4.69) is 5.32 Å². The molecule has 0 spiro atoms. The zero-order valence-electron chi connectivity index (χ0n) is 25.6. The monoisotopic (exact) mass is 602 g/mol. The van der Waals surface area contributed by atoms with Crippen molar-refractivity contribution in [3.8, 4) is 0 Å². The molecule has 0 bridgehead atoms. The number of hydrogen-bond acceptors (Lipinski definition) is 8. The van der Waals surface area contributed by atoms with E-state index >= 15 is 0 Å². The first-order chi connectivity index (χ1) is 21.4. The summed E-state index contributed by atoms with van der Waals surface area (Å²) in [6.45, 7) is 3.15. The van der Waals surface area contributed by atoms with Crippen LogP contribution >= 0.6 is 0 Å². The highest BCUT2D eigenvalue weighted by molar-refractivity contribution is 5.71. The minimum atomic E-state index is -0.832. The average Bonchev–Trinajstić information content (AvgIpc) is 3.04. The van der Waals surface area contributed by atoms with Gasteiger partial charge >= 0.3 is 12.1 Å². The van der Waals surface area contributed by atoms with Crippen molar-refractivity contribution in [2.75, 3.05) is 33.9 Å². The highest BCUT2D eigenvalue weighted by Crippen LogP contribution is 2.30. The summed E-state index contributed by atoms with van der Waals surface area (Å²) in [5.74, 6) is -0.412. The van der Waals surface area contributed by atoms with Crippen LogP contribution in [0.5, 0.6) is 0 Å². The van der Waals surface area contributed by atoms with E-state index in [1.165, 1.54) is 4.90 Å². The number of rotatable bonds is 15. The van der Waals surface area contributed by atoms with Gasteiger partial charge in [-0.25, -0.2) is 4.79 Å². The molecule has 0 heterocycles. The smallest absolute Gasteiger partial charge is 0.409 e. The summed E-state index contributed by atoms with van der Waals surface area (Å²) in [6.07, 6.45) is -0.791. The first kappa shape index (κ1) is 32.9. The Morgan fingerprint density at radius 3 is 1.82 bits per heavy atom. The molecule has 0 saturated heterocycles. The zero-order valence-corrected chi connectivity index (χ0v) is 25.6. The number of ether oxygens (including phenoxy) is 5. The molecule has 44 heavy (non-hydrogen) atoms. The van der Waals surface area contributed by atoms with Crippen LogP contribution in [0.3, 0.4) is 0 Å². The lowest BCUT2D eigenvalue weighted by atomic mass is 9.87. The zero-order chi connectivity index (χ0) is 31.1. The van der Waals surface area contributed by atoms with Crippen molar-refractivity contribution in [2.24, 2.45) is 0 Å². The Balaban J connectivity index is 1.67. The molecule has 1 amide bonds. The number of esters is 1. The molecule has 1 aliphatic rings. The first-order valence-corrected chi connectivity index (χ1v) is 14.8. The number of hydrogen-bond donors (Lipinski definition) is 1. The lowest BCUT2D eigenvalue weighted by molar-refractivity contribution is -0.144. The second-order valence-corrected chi connectivity index (χ2v) is 10.7. The van der Waals surface area contributed by atoms with Gasteiger partial charge in [0, 0.05) is 14.1 Å². The number of benzene rings is 3. The van der Waals surface area contributed by atoms with Crippen molar-refractivity contribution in [2.45, 2.75) is 51.1 Å². The van der Waals surface area contributed by atoms with E-state index in [1.54, 1.807) is 21.0 Å². The molecule has 1 aliphatic carbocycles. The van der Waals surface area contributed by atoms with Gasteiger partial charge in [0.2, 0.25) is 0 Å². The predicted octanol–water partition coefficient (Wildman–Crippen LogP) is 4.90. The van der Waals surface area contributed by atoms with Crippen LogP contribution in [-0.4, -0.2) is 75.2 Å². The van der Waals surface area contributed by atoms with Crippen LogP contribution in [0.4, 0.5) is 4.79 Å². The van der Waals surface area contributed by atoms with Gasteiger partial charge < -0.3 is 28.6 Å². The van der Waals surface area contributed by atoms with E-state index in [1.807, 2.05) is 97.1 Å². The molecule has 0 saturated carbocycles. The first-order valence-electron chi connectivity index (χ1n) is 14.8. The number of carbonyl (C=O) groups is 2. The molecule has 3 aromatic rings. The number of carbonyl (C=O) groups excluding carboxylic acids is 2. The van der Waals surface area contributed by atoms with E-state index in [9.17, 15) is 9.59 Å². The number of nitrogens with zero attached hydrogens (tertiary/aromatic N) is 1. The highest BCUT2D eigenvalue weighted by Gasteiger charge is 2.44. The van der Waals surface area contributed by atoms with E-state index < -0.39 is 36.4 Å². The maximum atomic E-state index is 13.0. The van der Waals surface area contributed by atoms with Crippen LogP contribution in [0.15, 0.2) is 103 Å². The Morgan fingerprint density at radius 1 is 0.727 bits per heavy atom. The second kappa shape index (κ2) is 17.3. The number of amides is 1. The predicted molar refractivity (Wildman–Crippen MR) is 167 cm³/mol. The molecular formula is C35H42N2O7. The summed E-state index contributed by atoms with van der Waals surface area (Å²) in [5.41, 5.74) is 3.80. The van der Waals surface area contributed by atoms with Gasteiger partial charge in [-0.15, -0.1) is 0 Å². The van der Waals surface area contributed by atoms with Crippen molar-refractivity contribution >= 4 is 12.1 Å². The average molecular weight is 603 g/mol. The van der Waals surface area contributed by atoms with Gasteiger partial charge in [-0.1, -0.05) is 97.1 Å². The summed E-state index contributed by atoms with van der Waals surface area (Å²) in [6, 6.07) is 28.9. The normalized spacial score (nSPS) is 19.6. The van der Waals surface area contributed by atoms with E-state index in [-0.39, 0.29) is 26.4 Å². The highest BCUT2D eigenvalue weighted by atomic mass is 16.6. The molecule has 0 fully saturated rings. The summed E-state index contributed by atoms with van der Waals surface area (Å²) >= 11 is 0. The van der Waals surface area contributed by atoms with E-state index in [0.29, 0.717) is 13.2 Å². The lowest BCUT2D eigenvalue weighted by Gasteiger charge is -2.42. The third-order valence-electron chi connectivity index (χ3n) is 7.06. The van der Waals surface area contributed by atoms with Crippen molar-refractivity contribution < 1.29 is 33.3 Å². The fourth-order valence-electron chi connectivity index (χ4n) is 4.86. The molecule has 234 valence electrons. The minimum Gasteiger partial charge on any atom is -0.465 e. The summed E-state index contributed by atoms with van der Waals surface area (Å²) in [5, 5.41) is 3.22. The van der Waals surface area contributed by atoms with Gasteiger partial charge in [0.25, 0.3) is 0 Å². The molecule has 0 aromatic heterocycles. The Hall–Kier alpha value is -4.02. The van der Waals surface area contributed by atoms with Gasteiger partial charge in [0.15, 0.2) is 6.10 Å². The fourth-order valence-corrected chi connectivity index (χ4v) is 4.86. The largest absolute Gasteiger partial charge is 0.465 e. The lowest BCUT2D eigenvalue weighted by Crippen LogP contribution is -2.58. The maximum absolute atomic E-state index is 13.0. The molecule has 9 nitrogen and oxygen atoms in total. The van der Waals surface area contributed by atoms with Crippen LogP contribution in [-0.2, 0) is 48.3 Å². The third kappa shape index (κ3) is 10.0. The van der Waals surface area contributed by atoms with Gasteiger partial charge in [0.1, 0.15) is 12.2 Å². The van der Waals surface area contributed by atoms with Crippen LogP contribution < -0.4 is 5.32 Å². The molecular weight excluding hydrogens is 560 g/mol. The van der Waals surface area contributed by atoms with Crippen LogP contribution in [0.1, 0.15) is 23.6 Å². The molecule has 4 rings (SSSR count). The Bertz CT molecular complexity index is 1320. The Labute approximate surface area is 259 Å². The van der Waals surface area contributed by atoms with Gasteiger partial charge in [-0.3, -0.25) is 10.1 Å². The molecule has 1 N–H and O–H groups in total. The van der Waals surface area contributed by atoms with Crippen molar-refractivity contribution in [1.82, 2.24) is 10.2 Å². The number of nitrogens with one attached hydrogen (secondary N) is 1. The molecule has 9 heteroatoms. The van der Waals surface area contributed by atoms with Crippen LogP contribution in [0.2, 0.25) is 0 Å². The Morgan fingerprint density at radius 2 is 1.27 bits per heavy atom. The molecule has 4 atom stereocenters. The quantitative estimate of drug-likeness (QED) is 0.194. The van der Waals surface area contributed by atoms with Crippen LogP contribution in [0, 0.1) is 0 Å². The standard InChI is InChI=1S/C35H42N2O7/c1-4-41-31(38)21-36-30-20-29(25-40-22-26-14-8-5-9-15-26)32(42-23-27-16-10-6-11-17-27)34(33(30)44-35(39)37(2)3)43-24-28-18-12-7-13-19-28/h5-20,30,32-34,36H,4,21-25H2,1-3H3/t30-,32+,33+,34-/m0/s1. The van der Waals surface area contributed by atoms with Gasteiger partial charge in [-0.05, 0) is 29.2 Å². The summed E-state index contributed by atoms with van der Waals surface area (Å²) in [4.78, 5) is 26.7. The second-order valence-electron chi connectivity index (χ2n) is 10.7. The summed E-state index contributed by atoms with van der Waals surface area (Å²) < 4.78 is 30.5. The fraction of sp³-hybridized carbons (Fsp3) is 0.371. The Kier molecular flexibility index (Phi) is 12.9. The molecule has 0 aliphatic heterocycles. The molecule has 0 unspecified atom stereocenters. The van der Waals surface area contributed by atoms with Crippen molar-refractivity contribution in [3.05, 3.63) is 119 Å². The minimum absolute atomic E-state index is 0.0792. The summed E-state index contributed by atoms with van der Waals surface area (Å²) in [7, 11) is 3.24. The third-order valence-corrected chi connectivity index (χ3v) is 7.06. The molecule has 3 aromatic carbocycles. The van der Waals surface area contributed by atoms with Crippen LogP contribution in [0.25, 0.3) is 0 Å². The van der Waals surface area contributed by atoms with Crippen molar-refractivity contribution in [1.29, 1.82) is 0 Å².